The average Bonchev–Trinajstić information content (AvgIpc) is 2.71. The average molecular weight is 384 g/mol. The Kier molecular flexibility index (Phi) is 7.58. The van der Waals surface area contributed by atoms with Gasteiger partial charge in [0.15, 0.2) is 17.3 Å². The van der Waals surface area contributed by atoms with E-state index in [-0.39, 0.29) is 17.7 Å². The number of ketones is 1. The van der Waals surface area contributed by atoms with Gasteiger partial charge in [0.1, 0.15) is 0 Å². The summed E-state index contributed by atoms with van der Waals surface area (Å²) in [7, 11) is 5.12. The lowest BCUT2D eigenvalue weighted by Crippen LogP contribution is -2.40. The number of amides is 1. The second-order valence-corrected chi connectivity index (χ2v) is 6.69. The quantitative estimate of drug-likeness (QED) is 0.671. The molecule has 0 radical (unpaired) electrons. The maximum Gasteiger partial charge on any atom is 0.241 e. The lowest BCUT2D eigenvalue weighted by molar-refractivity contribution is -0.120. The molecule has 2 aromatic carbocycles. The van der Waals surface area contributed by atoms with Crippen LogP contribution in [0.15, 0.2) is 42.5 Å². The molecule has 0 fully saturated rings. The van der Waals surface area contributed by atoms with Crippen LogP contribution in [0.5, 0.6) is 11.5 Å². The molecule has 0 aromatic heterocycles. The van der Waals surface area contributed by atoms with E-state index in [0.29, 0.717) is 29.3 Å². The standard InChI is InChI=1S/C22H28N2O4/c1-15(22(26)23-19-9-7-6-8-18(19)16(2)25)24(3)13-12-17-10-11-20(27-4)21(14-17)28-5/h6-11,14-15H,12-13H2,1-5H3,(H,23,26)/t15-/m0/s1. The van der Waals surface area contributed by atoms with Crippen molar-refractivity contribution < 1.29 is 19.1 Å². The molecule has 150 valence electrons. The van der Waals surface area contributed by atoms with Gasteiger partial charge in [0, 0.05) is 12.1 Å². The van der Waals surface area contributed by atoms with Crippen LogP contribution in [-0.2, 0) is 11.2 Å². The smallest absolute Gasteiger partial charge is 0.241 e. The van der Waals surface area contributed by atoms with Crippen LogP contribution in [0.2, 0.25) is 0 Å². The first-order chi connectivity index (χ1) is 13.4. The Morgan fingerprint density at radius 3 is 2.39 bits per heavy atom. The van der Waals surface area contributed by atoms with Crippen molar-refractivity contribution in [2.45, 2.75) is 26.3 Å². The first-order valence-corrected chi connectivity index (χ1v) is 9.19. The first kappa shape index (κ1) is 21.4. The molecule has 0 aliphatic rings. The number of benzene rings is 2. The number of Topliss-reactive ketones (excluding diaryl/α,β-unsaturated/α-hetero) is 1. The van der Waals surface area contributed by atoms with Gasteiger partial charge in [-0.3, -0.25) is 14.5 Å². The van der Waals surface area contributed by atoms with Crippen LogP contribution in [0.1, 0.15) is 29.8 Å². The van der Waals surface area contributed by atoms with Crippen LogP contribution in [0.4, 0.5) is 5.69 Å². The fourth-order valence-corrected chi connectivity index (χ4v) is 2.87. The lowest BCUT2D eigenvalue weighted by atomic mass is 10.1. The highest BCUT2D eigenvalue weighted by Gasteiger charge is 2.19. The molecule has 1 amide bonds. The van der Waals surface area contributed by atoms with E-state index in [9.17, 15) is 9.59 Å². The van der Waals surface area contributed by atoms with Crippen molar-refractivity contribution in [3.63, 3.8) is 0 Å². The molecule has 0 heterocycles. The van der Waals surface area contributed by atoms with Gasteiger partial charge in [-0.05, 0) is 57.1 Å². The van der Waals surface area contributed by atoms with Crippen LogP contribution in [0, 0.1) is 0 Å². The molecule has 0 saturated carbocycles. The summed E-state index contributed by atoms with van der Waals surface area (Å²) in [5.74, 6) is 1.15. The van der Waals surface area contributed by atoms with Crippen molar-refractivity contribution in [2.75, 3.05) is 33.1 Å². The molecule has 0 aliphatic heterocycles. The molecule has 1 atom stereocenters. The van der Waals surface area contributed by atoms with E-state index in [1.54, 1.807) is 38.5 Å². The number of para-hydroxylation sites is 1. The zero-order chi connectivity index (χ0) is 20.7. The number of methoxy groups -OCH3 is 2. The third-order valence-corrected chi connectivity index (χ3v) is 4.81. The lowest BCUT2D eigenvalue weighted by Gasteiger charge is -2.24. The predicted octanol–water partition coefficient (Wildman–Crippen LogP) is 3.41. The van der Waals surface area contributed by atoms with E-state index in [2.05, 4.69) is 5.32 Å². The second kappa shape index (κ2) is 9.90. The Morgan fingerprint density at radius 1 is 1.07 bits per heavy atom. The molecule has 6 heteroatoms. The summed E-state index contributed by atoms with van der Waals surface area (Å²) < 4.78 is 10.6. The number of nitrogens with zero attached hydrogens (tertiary/aromatic N) is 1. The summed E-state index contributed by atoms with van der Waals surface area (Å²) in [6.07, 6.45) is 0.762. The van der Waals surface area contributed by atoms with E-state index in [1.807, 2.05) is 37.1 Å². The SMILES string of the molecule is COc1ccc(CCN(C)[C@@H](C)C(=O)Nc2ccccc2C(C)=O)cc1OC. The number of ether oxygens (including phenoxy) is 2. The van der Waals surface area contributed by atoms with Gasteiger partial charge in [-0.2, -0.15) is 0 Å². The van der Waals surface area contributed by atoms with Crippen molar-refractivity contribution in [1.82, 2.24) is 4.90 Å². The Bertz CT molecular complexity index is 835. The molecule has 0 bridgehead atoms. The molecular weight excluding hydrogens is 356 g/mol. The van der Waals surface area contributed by atoms with Crippen molar-refractivity contribution in [3.8, 4) is 11.5 Å². The zero-order valence-corrected chi connectivity index (χ0v) is 17.1. The van der Waals surface area contributed by atoms with E-state index in [1.165, 1.54) is 6.92 Å². The maximum atomic E-state index is 12.6. The number of carbonyl (C=O) groups is 2. The van der Waals surface area contributed by atoms with Gasteiger partial charge in [0.2, 0.25) is 5.91 Å². The normalized spacial score (nSPS) is 11.8. The van der Waals surface area contributed by atoms with Crippen LogP contribution >= 0.6 is 0 Å². The van der Waals surface area contributed by atoms with E-state index in [4.69, 9.17) is 9.47 Å². The highest BCUT2D eigenvalue weighted by Crippen LogP contribution is 2.27. The largest absolute Gasteiger partial charge is 0.493 e. The van der Waals surface area contributed by atoms with E-state index in [0.717, 1.165) is 12.0 Å². The molecule has 0 aliphatic carbocycles. The van der Waals surface area contributed by atoms with Crippen LogP contribution in [-0.4, -0.2) is 50.4 Å². The number of anilines is 1. The van der Waals surface area contributed by atoms with Gasteiger partial charge in [-0.15, -0.1) is 0 Å². The first-order valence-electron chi connectivity index (χ1n) is 9.19. The number of nitrogens with one attached hydrogen (secondary N) is 1. The monoisotopic (exact) mass is 384 g/mol. The number of hydrogen-bond donors (Lipinski definition) is 1. The Labute approximate surface area is 166 Å². The summed E-state index contributed by atoms with van der Waals surface area (Å²) in [5.41, 5.74) is 2.15. The van der Waals surface area contributed by atoms with Crippen molar-refractivity contribution in [1.29, 1.82) is 0 Å². The minimum Gasteiger partial charge on any atom is -0.493 e. The van der Waals surface area contributed by atoms with Crippen LogP contribution in [0.25, 0.3) is 0 Å². The maximum absolute atomic E-state index is 12.6. The highest BCUT2D eigenvalue weighted by molar-refractivity contribution is 6.04. The molecule has 2 aromatic rings. The predicted molar refractivity (Wildman–Crippen MR) is 110 cm³/mol. The van der Waals surface area contributed by atoms with E-state index >= 15 is 0 Å². The molecule has 0 saturated heterocycles. The van der Waals surface area contributed by atoms with Gasteiger partial charge in [0.05, 0.1) is 25.9 Å². The molecular formula is C22H28N2O4. The minimum absolute atomic E-state index is 0.0784. The summed E-state index contributed by atoms with van der Waals surface area (Å²) in [6.45, 7) is 4.03. The summed E-state index contributed by atoms with van der Waals surface area (Å²) in [5, 5.41) is 2.87. The van der Waals surface area contributed by atoms with Crippen molar-refractivity contribution >= 4 is 17.4 Å². The number of rotatable bonds is 9. The third kappa shape index (κ3) is 5.33. The Balaban J connectivity index is 1.98. The zero-order valence-electron chi connectivity index (χ0n) is 17.1. The molecule has 1 N–H and O–H groups in total. The van der Waals surface area contributed by atoms with Gasteiger partial charge in [0.25, 0.3) is 0 Å². The Hall–Kier alpha value is -2.86. The number of likely N-dealkylation sites (N-methyl/N-ethyl adjacent to an activating group) is 1. The molecule has 2 rings (SSSR count). The molecule has 6 nitrogen and oxygen atoms in total. The summed E-state index contributed by atoms with van der Waals surface area (Å²) >= 11 is 0. The summed E-state index contributed by atoms with van der Waals surface area (Å²) in [4.78, 5) is 26.3. The Morgan fingerprint density at radius 2 is 1.75 bits per heavy atom. The van der Waals surface area contributed by atoms with Crippen LogP contribution < -0.4 is 14.8 Å². The van der Waals surface area contributed by atoms with Gasteiger partial charge < -0.3 is 14.8 Å². The minimum atomic E-state index is -0.347. The van der Waals surface area contributed by atoms with Crippen molar-refractivity contribution in [2.24, 2.45) is 0 Å². The molecule has 28 heavy (non-hydrogen) atoms. The molecule has 0 spiro atoms. The van der Waals surface area contributed by atoms with Crippen LogP contribution in [0.3, 0.4) is 0 Å². The topological polar surface area (TPSA) is 67.9 Å². The second-order valence-electron chi connectivity index (χ2n) is 6.69. The van der Waals surface area contributed by atoms with Crippen molar-refractivity contribution in [3.05, 3.63) is 53.6 Å². The van der Waals surface area contributed by atoms with Gasteiger partial charge in [-0.25, -0.2) is 0 Å². The number of hydrogen-bond acceptors (Lipinski definition) is 5. The highest BCUT2D eigenvalue weighted by atomic mass is 16.5. The molecule has 0 unspecified atom stereocenters. The third-order valence-electron chi connectivity index (χ3n) is 4.81. The fraction of sp³-hybridized carbons (Fsp3) is 0.364. The fourth-order valence-electron chi connectivity index (χ4n) is 2.87. The summed E-state index contributed by atoms with van der Waals surface area (Å²) in [6, 6.07) is 12.5. The van der Waals surface area contributed by atoms with Gasteiger partial charge in [-0.1, -0.05) is 18.2 Å². The van der Waals surface area contributed by atoms with E-state index < -0.39 is 0 Å². The number of carbonyl (C=O) groups excluding carboxylic acids is 2. The van der Waals surface area contributed by atoms with Gasteiger partial charge >= 0.3 is 0 Å².